The van der Waals surface area contributed by atoms with E-state index in [1.165, 1.54) is 0 Å². The molecule has 3 heteroatoms. The van der Waals surface area contributed by atoms with Gasteiger partial charge in [0, 0.05) is 12.1 Å². The maximum absolute atomic E-state index is 12.1. The first-order chi connectivity index (χ1) is 7.34. The van der Waals surface area contributed by atoms with Crippen LogP contribution in [0.4, 0.5) is 4.79 Å². The lowest BCUT2D eigenvalue weighted by molar-refractivity contribution is 0.00622. The summed E-state index contributed by atoms with van der Waals surface area (Å²) < 4.78 is 5.47. The van der Waals surface area contributed by atoms with Crippen molar-refractivity contribution in [3.05, 3.63) is 0 Å². The largest absolute Gasteiger partial charge is 0.444 e. The maximum Gasteiger partial charge on any atom is 0.410 e. The third kappa shape index (κ3) is 2.69. The molecule has 1 heterocycles. The molecule has 1 saturated heterocycles. The third-order valence-corrected chi connectivity index (χ3v) is 3.53. The molecule has 1 amide bonds. The number of hydrogen-bond donors (Lipinski definition) is 0. The average molecular weight is 227 g/mol. The lowest BCUT2D eigenvalue weighted by atomic mass is 9.90. The summed E-state index contributed by atoms with van der Waals surface area (Å²) in [4.78, 5) is 14.0. The second-order valence-electron chi connectivity index (χ2n) is 5.67. The molecule has 0 aliphatic carbocycles. The van der Waals surface area contributed by atoms with Crippen molar-refractivity contribution in [2.24, 2.45) is 0 Å². The fourth-order valence-corrected chi connectivity index (χ4v) is 2.53. The zero-order valence-corrected chi connectivity index (χ0v) is 11.3. The van der Waals surface area contributed by atoms with Gasteiger partial charge in [0.1, 0.15) is 5.60 Å². The first kappa shape index (κ1) is 13.3. The van der Waals surface area contributed by atoms with E-state index >= 15 is 0 Å². The van der Waals surface area contributed by atoms with E-state index in [1.807, 2.05) is 25.7 Å². The number of carbonyl (C=O) groups excluding carboxylic acids is 1. The van der Waals surface area contributed by atoms with Gasteiger partial charge in [-0.3, -0.25) is 0 Å². The van der Waals surface area contributed by atoms with E-state index in [0.29, 0.717) is 0 Å². The molecule has 0 aromatic rings. The van der Waals surface area contributed by atoms with E-state index in [1.54, 1.807) is 0 Å². The summed E-state index contributed by atoms with van der Waals surface area (Å²) in [6.45, 7) is 10.9. The van der Waals surface area contributed by atoms with Crippen molar-refractivity contribution in [2.45, 2.75) is 71.4 Å². The Hall–Kier alpha value is -0.730. The molecule has 0 saturated carbocycles. The Kier molecular flexibility index (Phi) is 3.87. The fraction of sp³-hybridized carbons (Fsp3) is 0.923. The number of nitrogens with zero attached hydrogens (tertiary/aromatic N) is 1. The van der Waals surface area contributed by atoms with Gasteiger partial charge in [-0.2, -0.15) is 0 Å². The number of hydrogen-bond acceptors (Lipinski definition) is 2. The Morgan fingerprint density at radius 1 is 1.31 bits per heavy atom. The summed E-state index contributed by atoms with van der Waals surface area (Å²) in [6, 6.07) is 0. The number of carbonyl (C=O) groups is 1. The van der Waals surface area contributed by atoms with Crippen LogP contribution in [0.15, 0.2) is 0 Å². The molecular formula is C13H25NO2. The number of amides is 1. The minimum atomic E-state index is -0.396. The smallest absolute Gasteiger partial charge is 0.410 e. The summed E-state index contributed by atoms with van der Waals surface area (Å²) in [6.07, 6.45) is 4.10. The molecule has 1 aliphatic rings. The van der Waals surface area contributed by atoms with Crippen LogP contribution in [-0.4, -0.2) is 28.7 Å². The molecule has 0 aromatic carbocycles. The van der Waals surface area contributed by atoms with Crippen LogP contribution in [0, 0.1) is 0 Å². The monoisotopic (exact) mass is 227 g/mol. The van der Waals surface area contributed by atoms with E-state index in [4.69, 9.17) is 4.74 Å². The van der Waals surface area contributed by atoms with Crippen LogP contribution in [0.1, 0.15) is 60.3 Å². The highest BCUT2D eigenvalue weighted by atomic mass is 16.6. The molecule has 0 radical (unpaired) electrons. The van der Waals surface area contributed by atoms with Gasteiger partial charge >= 0.3 is 6.09 Å². The summed E-state index contributed by atoms with van der Waals surface area (Å²) in [5, 5.41) is 0. The minimum absolute atomic E-state index is 0.0440. The third-order valence-electron chi connectivity index (χ3n) is 3.53. The van der Waals surface area contributed by atoms with Gasteiger partial charge in [0.2, 0.25) is 0 Å². The quantitative estimate of drug-likeness (QED) is 0.721. The Morgan fingerprint density at radius 2 is 1.88 bits per heavy atom. The molecular weight excluding hydrogens is 202 g/mol. The highest BCUT2D eigenvalue weighted by molar-refractivity contribution is 5.69. The molecule has 1 fully saturated rings. The predicted molar refractivity (Wildman–Crippen MR) is 65.5 cm³/mol. The van der Waals surface area contributed by atoms with Gasteiger partial charge < -0.3 is 9.64 Å². The molecule has 0 atom stereocenters. The van der Waals surface area contributed by atoms with Crippen LogP contribution >= 0.6 is 0 Å². The van der Waals surface area contributed by atoms with E-state index < -0.39 is 5.60 Å². The van der Waals surface area contributed by atoms with Gasteiger partial charge in [-0.15, -0.1) is 0 Å². The number of likely N-dealkylation sites (tertiary alicyclic amines) is 1. The van der Waals surface area contributed by atoms with Crippen molar-refractivity contribution in [3.63, 3.8) is 0 Å². The lowest BCUT2D eigenvalue weighted by Gasteiger charge is -2.38. The standard InChI is InChI=1S/C13H25NO2/c1-6-13(7-2)9-8-10-14(13)11(15)16-12(3,4)5/h6-10H2,1-5H3. The van der Waals surface area contributed by atoms with Gasteiger partial charge in [-0.1, -0.05) is 13.8 Å². The van der Waals surface area contributed by atoms with Crippen LogP contribution in [0.25, 0.3) is 0 Å². The van der Waals surface area contributed by atoms with Crippen LogP contribution in [0.3, 0.4) is 0 Å². The summed E-state index contributed by atoms with van der Waals surface area (Å²) >= 11 is 0. The lowest BCUT2D eigenvalue weighted by Crippen LogP contribution is -2.48. The SMILES string of the molecule is CCC1(CC)CCCN1C(=O)OC(C)(C)C. The zero-order valence-electron chi connectivity index (χ0n) is 11.3. The highest BCUT2D eigenvalue weighted by Gasteiger charge is 2.42. The molecule has 0 aromatic heterocycles. The van der Waals surface area contributed by atoms with E-state index in [2.05, 4.69) is 13.8 Å². The maximum atomic E-state index is 12.1. The van der Waals surface area contributed by atoms with Crippen molar-refractivity contribution in [1.82, 2.24) is 4.90 Å². The second kappa shape index (κ2) is 4.64. The van der Waals surface area contributed by atoms with Gasteiger partial charge in [0.15, 0.2) is 0 Å². The highest BCUT2D eigenvalue weighted by Crippen LogP contribution is 2.36. The summed E-state index contributed by atoms with van der Waals surface area (Å²) in [5.74, 6) is 0. The van der Waals surface area contributed by atoms with Gasteiger partial charge in [-0.25, -0.2) is 4.79 Å². The van der Waals surface area contributed by atoms with Crippen molar-refractivity contribution in [1.29, 1.82) is 0 Å². The zero-order chi connectivity index (χ0) is 12.4. The molecule has 0 bridgehead atoms. The molecule has 0 N–H and O–H groups in total. The first-order valence-corrected chi connectivity index (χ1v) is 6.35. The molecule has 0 unspecified atom stereocenters. The summed E-state index contributed by atoms with van der Waals surface area (Å²) in [7, 11) is 0. The van der Waals surface area contributed by atoms with Crippen molar-refractivity contribution >= 4 is 6.09 Å². The Bertz CT molecular complexity index is 251. The van der Waals surface area contributed by atoms with Crippen molar-refractivity contribution < 1.29 is 9.53 Å². The van der Waals surface area contributed by atoms with Gasteiger partial charge in [0.25, 0.3) is 0 Å². The number of rotatable bonds is 2. The van der Waals surface area contributed by atoms with E-state index in [-0.39, 0.29) is 11.6 Å². The number of ether oxygens (including phenoxy) is 1. The fourth-order valence-electron chi connectivity index (χ4n) is 2.53. The Balaban J connectivity index is 2.75. The Labute approximate surface area is 99.1 Å². The van der Waals surface area contributed by atoms with Crippen molar-refractivity contribution in [2.75, 3.05) is 6.54 Å². The normalized spacial score (nSPS) is 19.9. The van der Waals surface area contributed by atoms with Gasteiger partial charge in [-0.05, 0) is 46.5 Å². The molecule has 3 nitrogen and oxygen atoms in total. The predicted octanol–water partition coefficient (Wildman–Crippen LogP) is 3.58. The van der Waals surface area contributed by atoms with Crippen LogP contribution < -0.4 is 0 Å². The topological polar surface area (TPSA) is 29.5 Å². The van der Waals surface area contributed by atoms with Gasteiger partial charge in [0.05, 0.1) is 0 Å². The van der Waals surface area contributed by atoms with Crippen LogP contribution in [0.5, 0.6) is 0 Å². The van der Waals surface area contributed by atoms with Crippen molar-refractivity contribution in [3.8, 4) is 0 Å². The molecule has 0 spiro atoms. The molecule has 16 heavy (non-hydrogen) atoms. The molecule has 1 rings (SSSR count). The van der Waals surface area contributed by atoms with Crippen LogP contribution in [0.2, 0.25) is 0 Å². The van der Waals surface area contributed by atoms with E-state index in [0.717, 1.165) is 32.2 Å². The molecule has 94 valence electrons. The first-order valence-electron chi connectivity index (χ1n) is 6.35. The Morgan fingerprint density at radius 3 is 2.31 bits per heavy atom. The summed E-state index contributed by atoms with van der Waals surface area (Å²) in [5.41, 5.74) is -0.352. The van der Waals surface area contributed by atoms with E-state index in [9.17, 15) is 4.79 Å². The molecule has 1 aliphatic heterocycles. The second-order valence-corrected chi connectivity index (χ2v) is 5.67. The average Bonchev–Trinajstić information content (AvgIpc) is 2.59. The van der Waals surface area contributed by atoms with Crippen LogP contribution in [-0.2, 0) is 4.74 Å². The minimum Gasteiger partial charge on any atom is -0.444 e.